The van der Waals surface area contributed by atoms with Crippen LogP contribution in [0.4, 0.5) is 0 Å². The summed E-state index contributed by atoms with van der Waals surface area (Å²) in [6, 6.07) is 0.330. The molecule has 0 aromatic rings. The summed E-state index contributed by atoms with van der Waals surface area (Å²) in [5, 5.41) is 0. The van der Waals surface area contributed by atoms with Crippen molar-refractivity contribution in [3.05, 3.63) is 12.2 Å². The SMILES string of the molecule is CC(/C=C/C=O)N1CCO[C@H](C)C1. The van der Waals surface area contributed by atoms with Gasteiger partial charge in [0.25, 0.3) is 0 Å². The van der Waals surface area contributed by atoms with Crippen molar-refractivity contribution in [1.82, 2.24) is 4.90 Å². The average Bonchev–Trinajstić information content (AvgIpc) is 2.14. The van der Waals surface area contributed by atoms with Gasteiger partial charge < -0.3 is 4.74 Å². The molecule has 0 amide bonds. The van der Waals surface area contributed by atoms with E-state index < -0.39 is 0 Å². The van der Waals surface area contributed by atoms with Crippen molar-refractivity contribution in [3.8, 4) is 0 Å². The molecule has 1 saturated heterocycles. The van der Waals surface area contributed by atoms with Crippen LogP contribution < -0.4 is 0 Å². The van der Waals surface area contributed by atoms with Crippen LogP contribution in [0.5, 0.6) is 0 Å². The lowest BCUT2D eigenvalue weighted by atomic mass is 10.2. The predicted octanol–water partition coefficient (Wildman–Crippen LogP) is 0.851. The number of morpholine rings is 1. The van der Waals surface area contributed by atoms with E-state index in [1.807, 2.05) is 6.08 Å². The molecule has 1 aliphatic rings. The molecule has 13 heavy (non-hydrogen) atoms. The smallest absolute Gasteiger partial charge is 0.142 e. The molecule has 1 unspecified atom stereocenters. The molecule has 0 aromatic heterocycles. The molecule has 0 radical (unpaired) electrons. The zero-order valence-electron chi connectivity index (χ0n) is 8.27. The third-order valence-corrected chi connectivity index (χ3v) is 2.32. The molecule has 0 saturated carbocycles. The predicted molar refractivity (Wildman–Crippen MR) is 51.7 cm³/mol. The topological polar surface area (TPSA) is 29.5 Å². The van der Waals surface area contributed by atoms with Crippen molar-refractivity contribution in [3.63, 3.8) is 0 Å². The molecule has 1 aliphatic heterocycles. The van der Waals surface area contributed by atoms with E-state index in [9.17, 15) is 4.79 Å². The van der Waals surface area contributed by atoms with Gasteiger partial charge in [-0.15, -0.1) is 0 Å². The minimum absolute atomic E-state index is 0.306. The lowest BCUT2D eigenvalue weighted by Crippen LogP contribution is -2.45. The van der Waals surface area contributed by atoms with E-state index >= 15 is 0 Å². The van der Waals surface area contributed by atoms with Gasteiger partial charge in [0.15, 0.2) is 0 Å². The molecule has 1 heterocycles. The van der Waals surface area contributed by atoms with Gasteiger partial charge >= 0.3 is 0 Å². The Hall–Kier alpha value is -0.670. The van der Waals surface area contributed by atoms with Crippen LogP contribution in [-0.4, -0.2) is 43.0 Å². The van der Waals surface area contributed by atoms with Gasteiger partial charge in [0, 0.05) is 19.1 Å². The van der Waals surface area contributed by atoms with Crippen LogP contribution in [0, 0.1) is 0 Å². The van der Waals surface area contributed by atoms with Crippen molar-refractivity contribution in [2.24, 2.45) is 0 Å². The summed E-state index contributed by atoms with van der Waals surface area (Å²) in [5.41, 5.74) is 0. The number of hydrogen-bond acceptors (Lipinski definition) is 3. The molecule has 0 N–H and O–H groups in total. The van der Waals surface area contributed by atoms with Crippen molar-refractivity contribution in [2.75, 3.05) is 19.7 Å². The first-order chi connectivity index (χ1) is 6.24. The van der Waals surface area contributed by atoms with E-state index in [1.165, 1.54) is 0 Å². The van der Waals surface area contributed by atoms with Gasteiger partial charge in [0.1, 0.15) is 6.29 Å². The van der Waals surface area contributed by atoms with Crippen LogP contribution in [0.25, 0.3) is 0 Å². The molecular weight excluding hydrogens is 166 g/mol. The van der Waals surface area contributed by atoms with Gasteiger partial charge in [-0.3, -0.25) is 9.69 Å². The quantitative estimate of drug-likeness (QED) is 0.480. The Kier molecular flexibility index (Phi) is 4.12. The molecule has 0 bridgehead atoms. The van der Waals surface area contributed by atoms with Crippen LogP contribution in [0.3, 0.4) is 0 Å². The van der Waals surface area contributed by atoms with Crippen LogP contribution in [0.2, 0.25) is 0 Å². The largest absolute Gasteiger partial charge is 0.376 e. The Balaban J connectivity index is 2.40. The first kappa shape index (κ1) is 10.4. The summed E-state index contributed by atoms with van der Waals surface area (Å²) >= 11 is 0. The van der Waals surface area contributed by atoms with Crippen LogP contribution in [0.15, 0.2) is 12.2 Å². The normalized spacial score (nSPS) is 27.7. The standard InChI is InChI=1S/C10H17NO2/c1-9(4-3-6-12)11-5-7-13-10(2)8-11/h3-4,6,9-10H,5,7-8H2,1-2H3/b4-3+/t9?,10-/m1/s1. The molecule has 3 nitrogen and oxygen atoms in total. The number of nitrogens with zero attached hydrogens (tertiary/aromatic N) is 1. The Morgan fingerprint density at radius 3 is 3.00 bits per heavy atom. The Morgan fingerprint density at radius 2 is 2.38 bits per heavy atom. The fourth-order valence-corrected chi connectivity index (χ4v) is 1.54. The van der Waals surface area contributed by atoms with E-state index in [0.717, 1.165) is 26.0 Å². The second kappa shape index (κ2) is 5.14. The van der Waals surface area contributed by atoms with Crippen LogP contribution in [-0.2, 0) is 9.53 Å². The van der Waals surface area contributed by atoms with E-state index in [-0.39, 0.29) is 0 Å². The van der Waals surface area contributed by atoms with E-state index in [0.29, 0.717) is 12.1 Å². The van der Waals surface area contributed by atoms with E-state index in [4.69, 9.17) is 4.74 Å². The molecule has 1 fully saturated rings. The van der Waals surface area contributed by atoms with Gasteiger partial charge in [0.2, 0.25) is 0 Å². The summed E-state index contributed by atoms with van der Waals surface area (Å²) in [4.78, 5) is 12.4. The Bertz CT molecular complexity index is 191. The van der Waals surface area contributed by atoms with Crippen LogP contribution in [0.1, 0.15) is 13.8 Å². The van der Waals surface area contributed by atoms with E-state index in [2.05, 4.69) is 18.7 Å². The Labute approximate surface area is 79.4 Å². The van der Waals surface area contributed by atoms with Crippen molar-refractivity contribution in [2.45, 2.75) is 26.0 Å². The highest BCUT2D eigenvalue weighted by Gasteiger charge is 2.19. The van der Waals surface area contributed by atoms with Gasteiger partial charge in [-0.2, -0.15) is 0 Å². The fraction of sp³-hybridized carbons (Fsp3) is 0.700. The molecular formula is C10H17NO2. The summed E-state index contributed by atoms with van der Waals surface area (Å²) in [5.74, 6) is 0. The molecule has 74 valence electrons. The molecule has 1 rings (SSSR count). The number of aldehydes is 1. The van der Waals surface area contributed by atoms with Gasteiger partial charge in [0.05, 0.1) is 12.7 Å². The van der Waals surface area contributed by atoms with Crippen LogP contribution >= 0.6 is 0 Å². The number of allylic oxidation sites excluding steroid dienone is 1. The lowest BCUT2D eigenvalue weighted by Gasteiger charge is -2.34. The summed E-state index contributed by atoms with van der Waals surface area (Å²) in [7, 11) is 0. The van der Waals surface area contributed by atoms with Crippen molar-refractivity contribution < 1.29 is 9.53 Å². The average molecular weight is 183 g/mol. The van der Waals surface area contributed by atoms with Gasteiger partial charge in [-0.25, -0.2) is 0 Å². The second-order valence-corrected chi connectivity index (χ2v) is 3.44. The maximum Gasteiger partial charge on any atom is 0.142 e. The highest BCUT2D eigenvalue weighted by Crippen LogP contribution is 2.08. The molecule has 0 aromatic carbocycles. The minimum Gasteiger partial charge on any atom is -0.376 e. The first-order valence-electron chi connectivity index (χ1n) is 4.71. The third kappa shape index (κ3) is 3.28. The monoisotopic (exact) mass is 183 g/mol. The molecule has 0 spiro atoms. The maximum absolute atomic E-state index is 10.1. The first-order valence-corrected chi connectivity index (χ1v) is 4.71. The van der Waals surface area contributed by atoms with Gasteiger partial charge in [-0.1, -0.05) is 6.08 Å². The fourth-order valence-electron chi connectivity index (χ4n) is 1.54. The zero-order chi connectivity index (χ0) is 9.68. The number of carbonyl (C=O) groups is 1. The number of rotatable bonds is 3. The molecule has 2 atom stereocenters. The molecule has 0 aliphatic carbocycles. The number of ether oxygens (including phenoxy) is 1. The highest BCUT2D eigenvalue weighted by atomic mass is 16.5. The summed E-state index contributed by atoms with van der Waals surface area (Å²) in [6.45, 7) is 6.86. The summed E-state index contributed by atoms with van der Waals surface area (Å²) in [6.07, 6.45) is 4.61. The van der Waals surface area contributed by atoms with E-state index in [1.54, 1.807) is 6.08 Å². The van der Waals surface area contributed by atoms with Crippen molar-refractivity contribution >= 4 is 6.29 Å². The third-order valence-electron chi connectivity index (χ3n) is 2.32. The second-order valence-electron chi connectivity index (χ2n) is 3.44. The highest BCUT2D eigenvalue weighted by molar-refractivity contribution is 5.64. The lowest BCUT2D eigenvalue weighted by molar-refractivity contribution is -0.104. The maximum atomic E-state index is 10.1. The van der Waals surface area contributed by atoms with Gasteiger partial charge in [-0.05, 0) is 19.9 Å². The van der Waals surface area contributed by atoms with Crippen molar-refractivity contribution in [1.29, 1.82) is 0 Å². The number of carbonyl (C=O) groups excluding carboxylic acids is 1. The zero-order valence-corrected chi connectivity index (χ0v) is 8.27. The number of hydrogen-bond donors (Lipinski definition) is 0. The Morgan fingerprint density at radius 1 is 1.62 bits per heavy atom. The minimum atomic E-state index is 0.306. The summed E-state index contributed by atoms with van der Waals surface area (Å²) < 4.78 is 5.43. The molecule has 3 heteroatoms.